The molecule has 420 valence electrons. The molecule has 2 amide bonds. The molecule has 2 saturated carbocycles. The van der Waals surface area contributed by atoms with Gasteiger partial charge in [-0.15, -0.1) is 0 Å². The van der Waals surface area contributed by atoms with Crippen LogP contribution in [0.5, 0.6) is 0 Å². The molecule has 28 heteroatoms. The molecule has 0 radical (unpaired) electrons. The number of carbonyl (C=O) groups is 2. The number of carbonyl (C=O) groups excluding carboxylic acids is 1. The molecule has 1 N–H and O–H groups in total. The Hall–Kier alpha value is -4.99. The van der Waals surface area contributed by atoms with E-state index >= 15 is 0 Å². The van der Waals surface area contributed by atoms with E-state index in [0.29, 0.717) is 77.7 Å². The molecule has 0 bridgehead atoms. The first kappa shape index (κ1) is 60.6. The molecule has 6 aromatic rings. The minimum absolute atomic E-state index is 0. The van der Waals surface area contributed by atoms with Crippen LogP contribution >= 0.6 is 0 Å². The molecule has 81 heavy (non-hydrogen) atoms. The van der Waals surface area contributed by atoms with Gasteiger partial charge in [0.2, 0.25) is 0 Å². The first-order valence-electron chi connectivity index (χ1n) is 28.6. The molecule has 4 aliphatic rings. The van der Waals surface area contributed by atoms with Crippen molar-refractivity contribution in [3.05, 3.63) is 62.0 Å². The maximum Gasteiger partial charge on any atom is 1.00 e. The van der Waals surface area contributed by atoms with Gasteiger partial charge in [0.25, 0.3) is 0 Å². The zero-order valence-electron chi connectivity index (χ0n) is 51.2. The van der Waals surface area contributed by atoms with Crippen LogP contribution in [-0.4, -0.2) is 191 Å². The Labute approximate surface area is 525 Å². The fraction of sp³-hybridized carbons (Fsp3) is 0.566. The zero-order valence-corrected chi connectivity index (χ0v) is 54.2. The molecule has 2 saturated heterocycles. The third kappa shape index (κ3) is 15.8. The minimum Gasteiger partial charge on any atom is -0.530 e. The molecule has 23 nitrogen and oxygen atoms in total. The Kier molecular flexibility index (Phi) is 21.3. The van der Waals surface area contributed by atoms with Crippen molar-refractivity contribution in [2.45, 2.75) is 127 Å². The summed E-state index contributed by atoms with van der Waals surface area (Å²) in [5.74, 6) is 1.17. The number of piperazine rings is 2. The first-order chi connectivity index (χ1) is 38.9. The van der Waals surface area contributed by atoms with Gasteiger partial charge in [0, 0.05) is 140 Å². The Morgan fingerprint density at radius 1 is 0.691 bits per heavy atom. The summed E-state index contributed by atoms with van der Waals surface area (Å²) in [6.45, 7) is 21.2. The normalized spacial score (nSPS) is 21.8. The van der Waals surface area contributed by atoms with Crippen molar-refractivity contribution in [2.75, 3.05) is 65.6 Å². The number of hydrogen-bond acceptors (Lipinski definition) is 16. The van der Waals surface area contributed by atoms with Crippen LogP contribution < -0.4 is 64.2 Å². The van der Waals surface area contributed by atoms with E-state index in [1.165, 1.54) is 15.8 Å². The van der Waals surface area contributed by atoms with Crippen molar-refractivity contribution in [3.63, 3.8) is 0 Å². The average molecular weight is 1160 g/mol. The van der Waals surface area contributed by atoms with E-state index in [0.717, 1.165) is 109 Å². The summed E-state index contributed by atoms with van der Waals surface area (Å²) in [5.41, 5.74) is 4.32. The van der Waals surface area contributed by atoms with Crippen LogP contribution in [0.15, 0.2) is 62.0 Å². The predicted molar refractivity (Wildman–Crippen MR) is 303 cm³/mol. The molecule has 0 aromatic carbocycles. The summed E-state index contributed by atoms with van der Waals surface area (Å²) >= 11 is 0. The summed E-state index contributed by atoms with van der Waals surface area (Å²) in [7, 11) is -5.21. The van der Waals surface area contributed by atoms with Gasteiger partial charge in [-0.25, -0.2) is 28.7 Å². The van der Waals surface area contributed by atoms with Crippen LogP contribution in [-0.2, 0) is 34.0 Å². The van der Waals surface area contributed by atoms with Crippen molar-refractivity contribution in [3.8, 4) is 40.6 Å². The van der Waals surface area contributed by atoms with Crippen molar-refractivity contribution >= 4 is 58.1 Å². The molecule has 2 aliphatic heterocycles. The van der Waals surface area contributed by atoms with Crippen LogP contribution in [0, 0.1) is 33.9 Å². The second-order valence-electron chi connectivity index (χ2n) is 23.5. The van der Waals surface area contributed by atoms with E-state index in [1.54, 1.807) is 12.7 Å². The number of hydrogen-bond donors (Lipinski definition) is 1. The summed E-state index contributed by atoms with van der Waals surface area (Å²) in [5, 5.41) is 58.4. The number of nitriles is 3. The number of carboxylic acid groups (broad SMARTS) is 2. The van der Waals surface area contributed by atoms with Crippen LogP contribution in [0.2, 0.25) is 51.4 Å². The van der Waals surface area contributed by atoms with Gasteiger partial charge in [-0.1, -0.05) is 39.3 Å². The van der Waals surface area contributed by atoms with Gasteiger partial charge in [0.1, 0.15) is 43.5 Å². The van der Waals surface area contributed by atoms with Gasteiger partial charge in [-0.3, -0.25) is 24.4 Å². The Bertz CT molecular complexity index is 3100. The van der Waals surface area contributed by atoms with E-state index in [4.69, 9.17) is 23.8 Å². The molecular formula is C53H74BN17Na2O6Si2. The molecule has 0 atom stereocenters. The molecule has 10 rings (SSSR count). The van der Waals surface area contributed by atoms with E-state index in [9.17, 15) is 30.3 Å². The van der Waals surface area contributed by atoms with E-state index in [2.05, 4.69) is 86.3 Å². The topological polar surface area (TPSA) is 277 Å². The van der Waals surface area contributed by atoms with Gasteiger partial charge in [-0.05, 0) is 49.9 Å². The molecule has 8 heterocycles. The monoisotopic (exact) mass is 1160 g/mol. The maximum atomic E-state index is 11.2. The molecule has 2 aliphatic carbocycles. The molecule has 0 spiro atoms. The number of ether oxygens (including phenoxy) is 2. The van der Waals surface area contributed by atoms with Crippen LogP contribution in [0.4, 0.5) is 9.59 Å². The van der Waals surface area contributed by atoms with Crippen molar-refractivity contribution in [2.24, 2.45) is 0 Å². The van der Waals surface area contributed by atoms with Crippen LogP contribution in [0.1, 0.15) is 38.5 Å². The predicted octanol–water partition coefficient (Wildman–Crippen LogP) is -1.15. The zero-order chi connectivity index (χ0) is 59.0. The SMILES string of the molecule is C[Si](C)(C)CCOCn1ccc2c(-c3cnn(C4(CC#N)CC(N5CCN(C(=O)O)CC5)C4)c3)ncnc21.C[Si](C)(C)CCOCn1ccc2c(-c3cnn([C@]4(CC#N)C[C@@H](N5CCN(C(=O)[O-])CC5)C4)c3)ncnc21.[2H][B-]([2H])([2H])C#N.[Na+].[Na+]. The fourth-order valence-corrected chi connectivity index (χ4v) is 12.5. The second-order valence-corrected chi connectivity index (χ2v) is 34.7. The van der Waals surface area contributed by atoms with Gasteiger partial charge in [0.15, 0.2) is 0 Å². The molecular weight excluding hydrogens is 1080 g/mol. The smallest absolute Gasteiger partial charge is 0.530 e. The summed E-state index contributed by atoms with van der Waals surface area (Å²) in [6.07, 6.45) is 16.8. The third-order valence-electron chi connectivity index (χ3n) is 15.7. The van der Waals surface area contributed by atoms with E-state index in [-0.39, 0.29) is 70.2 Å². The number of nitrogens with zero attached hydrogens (tertiary/aromatic N) is 17. The number of amides is 2. The number of fused-ring (bicyclic) bond motifs is 2. The average Bonchev–Trinajstić information content (AvgIpc) is 1.61. The van der Waals surface area contributed by atoms with Crippen molar-refractivity contribution < 1.29 is 88.4 Å². The number of aromatic nitrogens is 10. The second kappa shape index (κ2) is 28.5. The van der Waals surface area contributed by atoms with Crippen molar-refractivity contribution in [1.29, 1.82) is 19.8 Å². The van der Waals surface area contributed by atoms with Crippen LogP contribution in [0.25, 0.3) is 44.6 Å². The van der Waals surface area contributed by atoms with Gasteiger partial charge in [-0.2, -0.15) is 26.7 Å². The quantitative estimate of drug-likeness (QED) is 0.0786. The summed E-state index contributed by atoms with van der Waals surface area (Å²) in [4.78, 5) is 48.0. The van der Waals surface area contributed by atoms with Gasteiger partial charge >= 0.3 is 65.2 Å². The number of rotatable bonds is 18. The Morgan fingerprint density at radius 3 is 1.43 bits per heavy atom. The minimum atomic E-state index is -2.93. The van der Waals surface area contributed by atoms with E-state index in [1.807, 2.05) is 67.8 Å². The summed E-state index contributed by atoms with van der Waals surface area (Å²) < 4.78 is 38.4. The molecule has 4 fully saturated rings. The third-order valence-corrected chi connectivity index (χ3v) is 19.1. The Morgan fingerprint density at radius 2 is 1.09 bits per heavy atom. The first-order valence-corrected chi connectivity index (χ1v) is 34.3. The van der Waals surface area contributed by atoms with Crippen LogP contribution in [0.3, 0.4) is 0 Å². The molecule has 0 unspecified atom stereocenters. The largest absolute Gasteiger partial charge is 1.00 e. The van der Waals surface area contributed by atoms with Gasteiger partial charge in [0.05, 0.1) is 67.6 Å². The molecule has 6 aromatic heterocycles. The van der Waals surface area contributed by atoms with E-state index < -0.39 is 36.1 Å². The van der Waals surface area contributed by atoms with Gasteiger partial charge < -0.3 is 43.4 Å². The fourth-order valence-electron chi connectivity index (χ4n) is 11.0. The standard InChI is InChI=1S/2C26H36N8O3Si.CH3BN.2Na/c2*1-38(2,3)13-12-37-19-33-7-4-22-23(28-18-29-24(22)33)20-16-30-34(17-20)26(5-6-27)14-21(15-26)31-8-10-32(11-9-31)25(35)36;2-1-3;;/h2*4,7,16-18,21H,5,8-15,19H2,1-3H3,(H,35,36);2H3;;/q;;-1;2*+1/p-1/t21-,26-;;;;/i;;2D3;;. The van der Waals surface area contributed by atoms with Crippen molar-refractivity contribution in [1.82, 2.24) is 68.2 Å². The summed E-state index contributed by atoms with van der Waals surface area (Å²) in [6, 6.07) is 11.6. The Balaban J connectivity index is 0.000000240. The maximum absolute atomic E-state index is 11.2.